The average Bonchev–Trinajstić information content (AvgIpc) is 2.46. The lowest BCUT2D eigenvalue weighted by molar-refractivity contribution is 0.197. The highest BCUT2D eigenvalue weighted by atomic mass is 16.5. The van der Waals surface area contributed by atoms with Crippen LogP contribution in [0.1, 0.15) is 44.6 Å². The first-order valence-corrected chi connectivity index (χ1v) is 7.49. The normalized spacial score (nSPS) is 27.5. The third-order valence-electron chi connectivity index (χ3n) is 4.82. The first-order valence-electron chi connectivity index (χ1n) is 7.49. The standard InChI is InChI=1S/C17H27NO/c1-12(2)14-4-5-15(11-18)17(10-14)13-6-8-16(19-3)9-7-13/h6-9,12,14-15,17H,4-5,10-11,18H2,1-3H3. The van der Waals surface area contributed by atoms with Crippen molar-refractivity contribution in [3.8, 4) is 5.75 Å². The van der Waals surface area contributed by atoms with Crippen molar-refractivity contribution in [1.29, 1.82) is 0 Å². The van der Waals surface area contributed by atoms with Gasteiger partial charge in [0.1, 0.15) is 5.75 Å². The van der Waals surface area contributed by atoms with Crippen molar-refractivity contribution in [2.24, 2.45) is 23.5 Å². The Labute approximate surface area is 117 Å². The lowest BCUT2D eigenvalue weighted by Crippen LogP contribution is -2.30. The summed E-state index contributed by atoms with van der Waals surface area (Å²) >= 11 is 0. The zero-order chi connectivity index (χ0) is 13.8. The van der Waals surface area contributed by atoms with E-state index in [1.807, 2.05) is 0 Å². The zero-order valence-corrected chi connectivity index (χ0v) is 12.4. The molecule has 1 saturated carbocycles. The molecular weight excluding hydrogens is 234 g/mol. The first kappa shape index (κ1) is 14.4. The van der Waals surface area contributed by atoms with E-state index in [1.165, 1.54) is 24.8 Å². The lowest BCUT2D eigenvalue weighted by Gasteiger charge is -2.37. The van der Waals surface area contributed by atoms with E-state index >= 15 is 0 Å². The van der Waals surface area contributed by atoms with E-state index in [0.29, 0.717) is 11.8 Å². The molecule has 3 atom stereocenters. The van der Waals surface area contributed by atoms with Crippen LogP contribution in [0.5, 0.6) is 5.75 Å². The van der Waals surface area contributed by atoms with Crippen LogP contribution in [0.4, 0.5) is 0 Å². The molecule has 0 aromatic heterocycles. The minimum absolute atomic E-state index is 0.622. The van der Waals surface area contributed by atoms with E-state index in [4.69, 9.17) is 10.5 Å². The number of methoxy groups -OCH3 is 1. The van der Waals surface area contributed by atoms with Crippen LogP contribution in [0.2, 0.25) is 0 Å². The molecule has 0 amide bonds. The zero-order valence-electron chi connectivity index (χ0n) is 12.4. The van der Waals surface area contributed by atoms with Crippen LogP contribution < -0.4 is 10.5 Å². The number of benzene rings is 1. The topological polar surface area (TPSA) is 35.2 Å². The molecule has 106 valence electrons. The van der Waals surface area contributed by atoms with Crippen molar-refractivity contribution >= 4 is 0 Å². The van der Waals surface area contributed by atoms with E-state index in [-0.39, 0.29) is 0 Å². The largest absolute Gasteiger partial charge is 0.497 e. The maximum Gasteiger partial charge on any atom is 0.118 e. The Morgan fingerprint density at radius 2 is 1.89 bits per heavy atom. The molecule has 0 heterocycles. The predicted octanol–water partition coefficient (Wildman–Crippen LogP) is 3.81. The summed E-state index contributed by atoms with van der Waals surface area (Å²) in [7, 11) is 1.72. The summed E-state index contributed by atoms with van der Waals surface area (Å²) in [5, 5.41) is 0. The molecule has 1 aliphatic rings. The van der Waals surface area contributed by atoms with Crippen LogP contribution in [0, 0.1) is 17.8 Å². The predicted molar refractivity (Wildman–Crippen MR) is 80.5 cm³/mol. The van der Waals surface area contributed by atoms with Crippen LogP contribution in [0.15, 0.2) is 24.3 Å². The van der Waals surface area contributed by atoms with Gasteiger partial charge in [0, 0.05) is 0 Å². The number of hydrogen-bond acceptors (Lipinski definition) is 2. The molecule has 1 fully saturated rings. The van der Waals surface area contributed by atoms with Crippen LogP contribution >= 0.6 is 0 Å². The number of hydrogen-bond donors (Lipinski definition) is 1. The summed E-state index contributed by atoms with van der Waals surface area (Å²) in [6, 6.07) is 8.58. The van der Waals surface area contributed by atoms with Gasteiger partial charge in [0.25, 0.3) is 0 Å². The number of nitrogens with two attached hydrogens (primary N) is 1. The summed E-state index contributed by atoms with van der Waals surface area (Å²) in [4.78, 5) is 0. The van der Waals surface area contributed by atoms with Crippen molar-refractivity contribution in [2.75, 3.05) is 13.7 Å². The molecule has 0 spiro atoms. The fourth-order valence-electron chi connectivity index (χ4n) is 3.41. The lowest BCUT2D eigenvalue weighted by atomic mass is 9.68. The molecule has 2 rings (SSSR count). The highest BCUT2D eigenvalue weighted by Crippen LogP contribution is 2.42. The maximum atomic E-state index is 5.98. The summed E-state index contributed by atoms with van der Waals surface area (Å²) in [6.07, 6.45) is 3.90. The molecule has 0 radical (unpaired) electrons. The van der Waals surface area contributed by atoms with Gasteiger partial charge in [-0.3, -0.25) is 0 Å². The van der Waals surface area contributed by atoms with Gasteiger partial charge in [-0.15, -0.1) is 0 Å². The molecule has 0 saturated heterocycles. The fraction of sp³-hybridized carbons (Fsp3) is 0.647. The highest BCUT2D eigenvalue weighted by molar-refractivity contribution is 5.30. The van der Waals surface area contributed by atoms with Gasteiger partial charge in [0.05, 0.1) is 7.11 Å². The molecule has 0 bridgehead atoms. The molecule has 19 heavy (non-hydrogen) atoms. The van der Waals surface area contributed by atoms with Gasteiger partial charge in [0.15, 0.2) is 0 Å². The number of rotatable bonds is 4. The van der Waals surface area contributed by atoms with Crippen LogP contribution in [0.25, 0.3) is 0 Å². The summed E-state index contributed by atoms with van der Waals surface area (Å²) in [5.74, 6) is 3.82. The van der Waals surface area contributed by atoms with Crippen molar-refractivity contribution < 1.29 is 4.74 Å². The van der Waals surface area contributed by atoms with Gasteiger partial charge in [-0.1, -0.05) is 26.0 Å². The van der Waals surface area contributed by atoms with Gasteiger partial charge >= 0.3 is 0 Å². The monoisotopic (exact) mass is 261 g/mol. The maximum absolute atomic E-state index is 5.98. The van der Waals surface area contributed by atoms with Crippen LogP contribution in [-0.4, -0.2) is 13.7 Å². The Kier molecular flexibility index (Phi) is 4.87. The highest BCUT2D eigenvalue weighted by Gasteiger charge is 2.31. The van der Waals surface area contributed by atoms with Crippen molar-refractivity contribution in [3.63, 3.8) is 0 Å². The van der Waals surface area contributed by atoms with Gasteiger partial charge < -0.3 is 10.5 Å². The second-order valence-corrected chi connectivity index (χ2v) is 6.19. The van der Waals surface area contributed by atoms with E-state index in [0.717, 1.165) is 24.1 Å². The molecule has 3 unspecified atom stereocenters. The van der Waals surface area contributed by atoms with Crippen molar-refractivity contribution in [2.45, 2.75) is 39.0 Å². The minimum Gasteiger partial charge on any atom is -0.497 e. The summed E-state index contributed by atoms with van der Waals surface area (Å²) in [5.41, 5.74) is 7.42. The summed E-state index contributed by atoms with van der Waals surface area (Å²) in [6.45, 7) is 5.50. The molecular formula is C17H27NO. The SMILES string of the molecule is COc1ccc(C2CC(C(C)C)CCC2CN)cc1. The van der Waals surface area contributed by atoms with Gasteiger partial charge in [-0.25, -0.2) is 0 Å². The smallest absolute Gasteiger partial charge is 0.118 e. The Balaban J connectivity index is 2.16. The molecule has 1 aromatic carbocycles. The Bertz CT molecular complexity index is 385. The first-order chi connectivity index (χ1) is 9.15. The molecule has 0 aliphatic heterocycles. The third-order valence-corrected chi connectivity index (χ3v) is 4.82. The van der Waals surface area contributed by atoms with Crippen LogP contribution in [-0.2, 0) is 0 Å². The summed E-state index contributed by atoms with van der Waals surface area (Å²) < 4.78 is 5.24. The van der Waals surface area contributed by atoms with E-state index < -0.39 is 0 Å². The van der Waals surface area contributed by atoms with Gasteiger partial charge in [0.2, 0.25) is 0 Å². The Hall–Kier alpha value is -1.02. The molecule has 2 nitrogen and oxygen atoms in total. The van der Waals surface area contributed by atoms with Gasteiger partial charge in [-0.05, 0) is 67.2 Å². The molecule has 2 N–H and O–H groups in total. The second kappa shape index (κ2) is 6.42. The van der Waals surface area contributed by atoms with E-state index in [9.17, 15) is 0 Å². The van der Waals surface area contributed by atoms with Gasteiger partial charge in [-0.2, -0.15) is 0 Å². The molecule has 1 aliphatic carbocycles. The molecule has 2 heteroatoms. The van der Waals surface area contributed by atoms with Crippen LogP contribution in [0.3, 0.4) is 0 Å². The minimum atomic E-state index is 0.622. The third kappa shape index (κ3) is 3.30. The Morgan fingerprint density at radius 3 is 2.42 bits per heavy atom. The van der Waals surface area contributed by atoms with Crippen molar-refractivity contribution in [3.05, 3.63) is 29.8 Å². The Morgan fingerprint density at radius 1 is 1.21 bits per heavy atom. The second-order valence-electron chi connectivity index (χ2n) is 6.19. The number of ether oxygens (including phenoxy) is 1. The fourth-order valence-corrected chi connectivity index (χ4v) is 3.41. The van der Waals surface area contributed by atoms with E-state index in [1.54, 1.807) is 7.11 Å². The van der Waals surface area contributed by atoms with Crippen molar-refractivity contribution in [1.82, 2.24) is 0 Å². The van der Waals surface area contributed by atoms with E-state index in [2.05, 4.69) is 38.1 Å². The quantitative estimate of drug-likeness (QED) is 0.894. The molecule has 1 aromatic rings. The average molecular weight is 261 g/mol.